The first kappa shape index (κ1) is 21.4. The average molecular weight is 440 g/mol. The number of fused-ring (bicyclic) bond motifs is 3. The van der Waals surface area contributed by atoms with Crippen molar-refractivity contribution in [2.24, 2.45) is 0 Å². The number of thioether (sulfide) groups is 1. The van der Waals surface area contributed by atoms with E-state index in [1.165, 1.54) is 0 Å². The van der Waals surface area contributed by atoms with Gasteiger partial charge in [0.15, 0.2) is 0 Å². The van der Waals surface area contributed by atoms with Crippen LogP contribution in [-0.4, -0.2) is 57.1 Å². The molecule has 1 amide bonds. The molecule has 0 saturated carbocycles. The molecule has 1 atom stereocenters. The predicted octanol–water partition coefficient (Wildman–Crippen LogP) is 3.63. The number of carbonyl (C=O) groups is 1. The van der Waals surface area contributed by atoms with Crippen molar-refractivity contribution in [3.05, 3.63) is 36.3 Å². The summed E-state index contributed by atoms with van der Waals surface area (Å²) in [5, 5.41) is 7.05. The zero-order chi connectivity index (χ0) is 22.0. The number of rotatable bonds is 8. The number of anilines is 3. The fourth-order valence-corrected chi connectivity index (χ4v) is 4.32. The van der Waals surface area contributed by atoms with Crippen LogP contribution in [-0.2, 0) is 5.54 Å². The highest BCUT2D eigenvalue weighted by Crippen LogP contribution is 2.32. The molecule has 0 radical (unpaired) electrons. The van der Waals surface area contributed by atoms with E-state index in [0.29, 0.717) is 24.0 Å². The highest BCUT2D eigenvalue weighted by Gasteiger charge is 2.35. The van der Waals surface area contributed by atoms with Crippen LogP contribution < -0.4 is 15.5 Å². The van der Waals surface area contributed by atoms with E-state index in [4.69, 9.17) is 4.98 Å². The monoisotopic (exact) mass is 439 g/mol. The van der Waals surface area contributed by atoms with E-state index < -0.39 is 0 Å². The number of nitrogens with one attached hydrogen (secondary N) is 2. The van der Waals surface area contributed by atoms with Gasteiger partial charge in [0.2, 0.25) is 5.95 Å². The molecule has 31 heavy (non-hydrogen) atoms. The Morgan fingerprint density at radius 3 is 2.81 bits per heavy atom. The standard InChI is InChI=1S/C22H29N7OS/c1-5-22(3)14-25-20(30)17-11-15-12-24-21(27-19(15)29(17)22)26-18-8-7-16(13-23-18)28(6-2)9-10-31-4/h7-8,11-13H,5-6,9-10,14H2,1-4H3,(H,25,30)(H,23,24,26,27). The van der Waals surface area contributed by atoms with E-state index in [9.17, 15) is 4.79 Å². The first-order valence-electron chi connectivity index (χ1n) is 10.6. The molecule has 2 N–H and O–H groups in total. The van der Waals surface area contributed by atoms with Crippen molar-refractivity contribution in [3.63, 3.8) is 0 Å². The van der Waals surface area contributed by atoms with Gasteiger partial charge in [-0.05, 0) is 44.7 Å². The SMILES string of the molecule is CCN(CCSC)c1ccc(Nc2ncc3cc4n(c3n2)C(C)(CC)CNC4=O)nc1. The summed E-state index contributed by atoms with van der Waals surface area (Å²) < 4.78 is 2.05. The van der Waals surface area contributed by atoms with Crippen LogP contribution in [0.1, 0.15) is 37.7 Å². The zero-order valence-electron chi connectivity index (χ0n) is 18.5. The van der Waals surface area contributed by atoms with E-state index in [-0.39, 0.29) is 11.4 Å². The summed E-state index contributed by atoms with van der Waals surface area (Å²) in [6.45, 7) is 8.93. The molecule has 1 unspecified atom stereocenters. The van der Waals surface area contributed by atoms with Gasteiger partial charge in [0.25, 0.3) is 5.91 Å². The summed E-state index contributed by atoms with van der Waals surface area (Å²) in [5.74, 6) is 2.16. The quantitative estimate of drug-likeness (QED) is 0.554. The Morgan fingerprint density at radius 1 is 1.29 bits per heavy atom. The predicted molar refractivity (Wildman–Crippen MR) is 128 cm³/mol. The second-order valence-corrected chi connectivity index (χ2v) is 8.96. The minimum atomic E-state index is -0.225. The van der Waals surface area contributed by atoms with Crippen molar-refractivity contribution in [1.29, 1.82) is 0 Å². The second-order valence-electron chi connectivity index (χ2n) is 7.97. The van der Waals surface area contributed by atoms with Crippen LogP contribution in [0.4, 0.5) is 17.5 Å². The maximum atomic E-state index is 12.4. The minimum Gasteiger partial charge on any atom is -0.370 e. The van der Waals surface area contributed by atoms with Crippen molar-refractivity contribution >= 4 is 46.2 Å². The van der Waals surface area contributed by atoms with Crippen molar-refractivity contribution < 1.29 is 4.79 Å². The van der Waals surface area contributed by atoms with E-state index in [2.05, 4.69) is 63.2 Å². The third-order valence-electron chi connectivity index (χ3n) is 6.00. The third kappa shape index (κ3) is 4.06. The maximum Gasteiger partial charge on any atom is 0.268 e. The van der Waals surface area contributed by atoms with Crippen molar-refractivity contribution in [1.82, 2.24) is 24.8 Å². The normalized spacial score (nSPS) is 18.0. The number of aromatic nitrogens is 4. The van der Waals surface area contributed by atoms with Gasteiger partial charge in [-0.25, -0.2) is 9.97 Å². The Labute approximate surface area is 186 Å². The van der Waals surface area contributed by atoms with Crippen LogP contribution >= 0.6 is 11.8 Å². The second kappa shape index (κ2) is 8.74. The maximum absolute atomic E-state index is 12.4. The Hall–Kier alpha value is -2.81. The number of nitrogens with zero attached hydrogens (tertiary/aromatic N) is 5. The molecule has 164 valence electrons. The van der Waals surface area contributed by atoms with Crippen molar-refractivity contribution in [3.8, 4) is 0 Å². The minimum absolute atomic E-state index is 0.0716. The molecule has 3 aromatic rings. The van der Waals surface area contributed by atoms with E-state index in [1.54, 1.807) is 6.20 Å². The Balaban J connectivity index is 1.61. The lowest BCUT2D eigenvalue weighted by Gasteiger charge is -2.36. The summed E-state index contributed by atoms with van der Waals surface area (Å²) in [7, 11) is 0. The number of hydrogen-bond donors (Lipinski definition) is 2. The van der Waals surface area contributed by atoms with Crippen molar-refractivity contribution in [2.45, 2.75) is 32.7 Å². The topological polar surface area (TPSA) is 88.0 Å². The molecule has 3 aromatic heterocycles. The van der Waals surface area contributed by atoms with Gasteiger partial charge < -0.3 is 20.1 Å². The van der Waals surface area contributed by atoms with Crippen LogP contribution in [0.2, 0.25) is 0 Å². The first-order valence-corrected chi connectivity index (χ1v) is 12.0. The molecular weight excluding hydrogens is 410 g/mol. The van der Waals surface area contributed by atoms with Gasteiger partial charge in [-0.3, -0.25) is 4.79 Å². The molecule has 0 aliphatic carbocycles. The van der Waals surface area contributed by atoms with Gasteiger partial charge in [0.1, 0.15) is 17.2 Å². The van der Waals surface area contributed by atoms with E-state index in [0.717, 1.165) is 42.0 Å². The first-order chi connectivity index (χ1) is 15.0. The molecule has 0 spiro atoms. The van der Waals surface area contributed by atoms with Crippen LogP contribution in [0.5, 0.6) is 0 Å². The third-order valence-corrected chi connectivity index (χ3v) is 6.60. The number of pyridine rings is 1. The van der Waals surface area contributed by atoms with Gasteiger partial charge in [0, 0.05) is 37.0 Å². The Morgan fingerprint density at radius 2 is 2.13 bits per heavy atom. The molecule has 0 saturated heterocycles. The van der Waals surface area contributed by atoms with Gasteiger partial charge in [-0.15, -0.1) is 0 Å². The summed E-state index contributed by atoms with van der Waals surface area (Å²) >= 11 is 1.84. The van der Waals surface area contributed by atoms with Crippen LogP contribution in [0.15, 0.2) is 30.6 Å². The lowest BCUT2D eigenvalue weighted by atomic mass is 9.96. The highest BCUT2D eigenvalue weighted by molar-refractivity contribution is 7.98. The number of amides is 1. The molecule has 1 aliphatic rings. The van der Waals surface area contributed by atoms with Crippen LogP contribution in [0.3, 0.4) is 0 Å². The van der Waals surface area contributed by atoms with Gasteiger partial charge in [0.05, 0.1) is 17.4 Å². The number of hydrogen-bond acceptors (Lipinski definition) is 7. The molecule has 1 aliphatic heterocycles. The fraction of sp³-hybridized carbons (Fsp3) is 0.455. The molecule has 0 fully saturated rings. The summed E-state index contributed by atoms with van der Waals surface area (Å²) in [6, 6.07) is 5.87. The van der Waals surface area contributed by atoms with Crippen molar-refractivity contribution in [2.75, 3.05) is 41.9 Å². The van der Waals surface area contributed by atoms with Gasteiger partial charge in [-0.1, -0.05) is 6.92 Å². The molecular formula is C22H29N7OS. The van der Waals surface area contributed by atoms with Crippen LogP contribution in [0.25, 0.3) is 11.0 Å². The lowest BCUT2D eigenvalue weighted by Crippen LogP contribution is -2.49. The summed E-state index contributed by atoms with van der Waals surface area (Å²) in [6.07, 6.45) is 6.63. The largest absolute Gasteiger partial charge is 0.370 e. The van der Waals surface area contributed by atoms with E-state index >= 15 is 0 Å². The van der Waals surface area contributed by atoms with Crippen LogP contribution in [0, 0.1) is 0 Å². The Bertz CT molecular complexity index is 1080. The molecule has 4 heterocycles. The highest BCUT2D eigenvalue weighted by atomic mass is 32.2. The molecule has 4 rings (SSSR count). The summed E-state index contributed by atoms with van der Waals surface area (Å²) in [5.41, 5.74) is 2.27. The zero-order valence-corrected chi connectivity index (χ0v) is 19.3. The molecule has 0 bridgehead atoms. The van der Waals surface area contributed by atoms with Gasteiger partial charge >= 0.3 is 0 Å². The Kier molecular flexibility index (Phi) is 6.04. The fourth-order valence-electron chi connectivity index (χ4n) is 3.92. The smallest absolute Gasteiger partial charge is 0.268 e. The van der Waals surface area contributed by atoms with Gasteiger partial charge in [-0.2, -0.15) is 16.7 Å². The molecule has 8 nitrogen and oxygen atoms in total. The number of carbonyl (C=O) groups excluding carboxylic acids is 1. The average Bonchev–Trinajstić information content (AvgIpc) is 3.19. The lowest BCUT2D eigenvalue weighted by molar-refractivity contribution is 0.0880. The molecule has 9 heteroatoms. The molecule has 0 aromatic carbocycles. The summed E-state index contributed by atoms with van der Waals surface area (Å²) in [4.78, 5) is 28.4. The van der Waals surface area contributed by atoms with E-state index in [1.807, 2.05) is 30.1 Å².